The van der Waals surface area contributed by atoms with Gasteiger partial charge in [0, 0.05) is 11.8 Å². The molecule has 1 aliphatic heterocycles. The predicted molar refractivity (Wildman–Crippen MR) is 84.5 cm³/mol. The lowest BCUT2D eigenvalue weighted by Crippen LogP contribution is -2.41. The van der Waals surface area contributed by atoms with Crippen molar-refractivity contribution in [3.8, 4) is 11.5 Å². The van der Waals surface area contributed by atoms with Crippen molar-refractivity contribution in [2.75, 3.05) is 13.2 Å². The van der Waals surface area contributed by atoms with Gasteiger partial charge in [-0.15, -0.1) is 4.83 Å². The Balaban J connectivity index is 1.73. The van der Waals surface area contributed by atoms with E-state index in [1.165, 1.54) is 30.5 Å². The summed E-state index contributed by atoms with van der Waals surface area (Å²) in [7, 11) is -4.04. The Labute approximate surface area is 142 Å². The van der Waals surface area contributed by atoms with Gasteiger partial charge in [-0.25, -0.2) is 13.4 Å². The summed E-state index contributed by atoms with van der Waals surface area (Å²) in [5, 5.41) is -0.196. The number of ether oxygens (including phenoxy) is 2. The van der Waals surface area contributed by atoms with Gasteiger partial charge in [-0.3, -0.25) is 10.2 Å². The highest BCUT2D eigenvalue weighted by molar-refractivity contribution is 7.89. The fourth-order valence-corrected chi connectivity index (χ4v) is 3.29. The second-order valence-electron chi connectivity index (χ2n) is 4.71. The SMILES string of the molecule is O=C(NNS(=O)(=O)c1cccnc1Cl)c1ccc2c(c1)OCCO2. The first kappa shape index (κ1) is 16.5. The third-order valence-corrected chi connectivity index (χ3v) is 4.81. The molecule has 0 saturated carbocycles. The summed E-state index contributed by atoms with van der Waals surface area (Å²) in [6.45, 7) is 0.814. The first-order valence-electron chi connectivity index (χ1n) is 6.80. The molecule has 0 aliphatic carbocycles. The third kappa shape index (κ3) is 3.42. The molecule has 24 heavy (non-hydrogen) atoms. The van der Waals surface area contributed by atoms with Gasteiger partial charge in [-0.1, -0.05) is 11.6 Å². The number of hydrazine groups is 1. The van der Waals surface area contributed by atoms with Crippen LogP contribution in [0.4, 0.5) is 0 Å². The van der Waals surface area contributed by atoms with Crippen molar-refractivity contribution in [2.24, 2.45) is 0 Å². The molecule has 0 spiro atoms. The number of nitrogens with zero attached hydrogens (tertiary/aromatic N) is 1. The van der Waals surface area contributed by atoms with Crippen LogP contribution < -0.4 is 19.7 Å². The van der Waals surface area contributed by atoms with Crippen LogP contribution in [0.25, 0.3) is 0 Å². The van der Waals surface area contributed by atoms with Crippen LogP contribution in [0, 0.1) is 0 Å². The molecule has 126 valence electrons. The number of fused-ring (bicyclic) bond motifs is 1. The Kier molecular flexibility index (Phi) is 4.56. The highest BCUT2D eigenvalue weighted by Gasteiger charge is 2.20. The van der Waals surface area contributed by atoms with Crippen molar-refractivity contribution in [2.45, 2.75) is 4.90 Å². The van der Waals surface area contributed by atoms with Crippen LogP contribution >= 0.6 is 11.6 Å². The van der Waals surface area contributed by atoms with Gasteiger partial charge >= 0.3 is 0 Å². The number of hydrogen-bond donors (Lipinski definition) is 2. The van der Waals surface area contributed by atoms with Crippen molar-refractivity contribution in [1.82, 2.24) is 15.2 Å². The molecule has 2 N–H and O–H groups in total. The van der Waals surface area contributed by atoms with Gasteiger partial charge in [-0.05, 0) is 30.3 Å². The fourth-order valence-electron chi connectivity index (χ4n) is 2.00. The minimum absolute atomic E-state index is 0.196. The minimum atomic E-state index is -4.04. The number of nitrogens with one attached hydrogen (secondary N) is 2. The van der Waals surface area contributed by atoms with E-state index in [1.807, 2.05) is 4.83 Å². The summed E-state index contributed by atoms with van der Waals surface area (Å²) in [5.41, 5.74) is 2.32. The van der Waals surface area contributed by atoms with Crippen LogP contribution in [0.15, 0.2) is 41.4 Å². The molecule has 10 heteroatoms. The van der Waals surface area contributed by atoms with Crippen molar-refractivity contribution in [3.05, 3.63) is 47.2 Å². The number of aromatic nitrogens is 1. The summed E-state index contributed by atoms with van der Waals surface area (Å²) in [6, 6.07) is 7.23. The number of amides is 1. The third-order valence-electron chi connectivity index (χ3n) is 3.12. The maximum atomic E-state index is 12.1. The van der Waals surface area contributed by atoms with Crippen LogP contribution in [-0.2, 0) is 10.0 Å². The van der Waals surface area contributed by atoms with E-state index in [4.69, 9.17) is 21.1 Å². The van der Waals surface area contributed by atoms with Crippen molar-refractivity contribution in [3.63, 3.8) is 0 Å². The van der Waals surface area contributed by atoms with Gasteiger partial charge in [0.25, 0.3) is 15.9 Å². The Morgan fingerprint density at radius 3 is 2.67 bits per heavy atom. The topological polar surface area (TPSA) is 107 Å². The van der Waals surface area contributed by atoms with E-state index in [1.54, 1.807) is 6.07 Å². The second-order valence-corrected chi connectivity index (χ2v) is 6.72. The maximum Gasteiger partial charge on any atom is 0.266 e. The Bertz CT molecular complexity index is 888. The van der Waals surface area contributed by atoms with E-state index in [2.05, 4.69) is 10.4 Å². The number of pyridine rings is 1. The molecule has 0 atom stereocenters. The van der Waals surface area contributed by atoms with Crippen molar-refractivity contribution < 1.29 is 22.7 Å². The summed E-state index contributed by atoms with van der Waals surface area (Å²) in [6.07, 6.45) is 1.36. The van der Waals surface area contributed by atoms with Gasteiger partial charge in [0.05, 0.1) is 0 Å². The molecule has 3 rings (SSSR count). The maximum absolute atomic E-state index is 12.1. The molecular formula is C14H12ClN3O5S. The zero-order valence-electron chi connectivity index (χ0n) is 12.2. The quantitative estimate of drug-likeness (QED) is 0.618. The summed E-state index contributed by atoms with van der Waals surface area (Å²) in [5.74, 6) is 0.295. The Morgan fingerprint density at radius 2 is 1.92 bits per heavy atom. The van der Waals surface area contributed by atoms with Crippen LogP contribution in [0.2, 0.25) is 5.15 Å². The number of sulfonamides is 1. The second kappa shape index (κ2) is 6.63. The number of rotatable bonds is 4. The van der Waals surface area contributed by atoms with Crippen LogP contribution in [0.1, 0.15) is 10.4 Å². The zero-order chi connectivity index (χ0) is 17.2. The zero-order valence-corrected chi connectivity index (χ0v) is 13.7. The Hall–Kier alpha value is -2.36. The summed E-state index contributed by atoms with van der Waals surface area (Å²) < 4.78 is 35.0. The van der Waals surface area contributed by atoms with E-state index in [0.717, 1.165) is 0 Å². The van der Waals surface area contributed by atoms with Gasteiger partial charge in [0.15, 0.2) is 11.5 Å². The fraction of sp³-hybridized carbons (Fsp3) is 0.143. The number of halogens is 1. The number of hydrogen-bond acceptors (Lipinski definition) is 6. The average Bonchev–Trinajstić information content (AvgIpc) is 2.59. The monoisotopic (exact) mass is 369 g/mol. The average molecular weight is 370 g/mol. The molecule has 2 aromatic rings. The summed E-state index contributed by atoms with van der Waals surface area (Å²) >= 11 is 5.75. The largest absolute Gasteiger partial charge is 0.486 e. The van der Waals surface area contributed by atoms with E-state index in [0.29, 0.717) is 24.7 Å². The molecule has 0 unspecified atom stereocenters. The molecule has 0 saturated heterocycles. The molecule has 0 bridgehead atoms. The van der Waals surface area contributed by atoms with E-state index < -0.39 is 15.9 Å². The molecule has 8 nitrogen and oxygen atoms in total. The number of carbonyl (C=O) groups excluding carboxylic acids is 1. The normalized spacial score (nSPS) is 13.4. The van der Waals surface area contributed by atoms with Gasteiger partial charge in [-0.2, -0.15) is 0 Å². The van der Waals surface area contributed by atoms with Crippen molar-refractivity contribution in [1.29, 1.82) is 0 Å². The highest BCUT2D eigenvalue weighted by atomic mass is 35.5. The highest BCUT2D eigenvalue weighted by Crippen LogP contribution is 2.30. The van der Waals surface area contributed by atoms with E-state index in [-0.39, 0.29) is 15.6 Å². The number of benzene rings is 1. The lowest BCUT2D eigenvalue weighted by Gasteiger charge is -2.18. The first-order chi connectivity index (χ1) is 11.5. The predicted octanol–water partition coefficient (Wildman–Crippen LogP) is 1.13. The van der Waals surface area contributed by atoms with E-state index in [9.17, 15) is 13.2 Å². The molecule has 1 aromatic carbocycles. The van der Waals surface area contributed by atoms with Crippen LogP contribution in [-0.4, -0.2) is 32.5 Å². The smallest absolute Gasteiger partial charge is 0.266 e. The molecular weight excluding hydrogens is 358 g/mol. The molecule has 1 aliphatic rings. The molecule has 1 amide bonds. The van der Waals surface area contributed by atoms with Gasteiger partial charge in [0.2, 0.25) is 0 Å². The van der Waals surface area contributed by atoms with Crippen molar-refractivity contribution >= 4 is 27.5 Å². The standard InChI is InChI=1S/C14H12ClN3O5S/c15-13-12(2-1-5-16-13)24(20,21)18-17-14(19)9-3-4-10-11(8-9)23-7-6-22-10/h1-5,8,18H,6-7H2,(H,17,19). The minimum Gasteiger partial charge on any atom is -0.486 e. The molecule has 0 radical (unpaired) electrons. The van der Waals surface area contributed by atoms with Gasteiger partial charge in [0.1, 0.15) is 23.3 Å². The number of carbonyl (C=O) groups is 1. The Morgan fingerprint density at radius 1 is 1.17 bits per heavy atom. The summed E-state index contributed by atoms with van der Waals surface area (Å²) in [4.78, 5) is 17.5. The lowest BCUT2D eigenvalue weighted by atomic mass is 10.2. The molecule has 0 fully saturated rings. The van der Waals surface area contributed by atoms with Crippen LogP contribution in [0.3, 0.4) is 0 Å². The van der Waals surface area contributed by atoms with Gasteiger partial charge < -0.3 is 9.47 Å². The molecule has 1 aromatic heterocycles. The molecule has 2 heterocycles. The van der Waals surface area contributed by atoms with E-state index >= 15 is 0 Å². The lowest BCUT2D eigenvalue weighted by molar-refractivity contribution is 0.0944. The first-order valence-corrected chi connectivity index (χ1v) is 8.66. The van der Waals surface area contributed by atoms with Crippen LogP contribution in [0.5, 0.6) is 11.5 Å².